The van der Waals surface area contributed by atoms with Crippen LogP contribution in [0.5, 0.6) is 0 Å². The molecule has 4 amide bonds. The van der Waals surface area contributed by atoms with Crippen LogP contribution in [0.25, 0.3) is 0 Å². The van der Waals surface area contributed by atoms with Gasteiger partial charge in [0.15, 0.2) is 0 Å². The van der Waals surface area contributed by atoms with Crippen LogP contribution in [0.4, 0.5) is 18.0 Å². The molecule has 3 rings (SSSR count). The van der Waals surface area contributed by atoms with E-state index in [1.54, 1.807) is 5.32 Å². The van der Waals surface area contributed by atoms with Crippen LogP contribution in [0.15, 0.2) is 0 Å². The maximum absolute atomic E-state index is 13.9. The highest BCUT2D eigenvalue weighted by Gasteiger charge is 2.68. The second-order valence-corrected chi connectivity index (χ2v) is 8.69. The third-order valence-electron chi connectivity index (χ3n) is 6.53. The maximum atomic E-state index is 13.9. The standard InChI is InChI=1S/C20H30F3N3O3/c21-20(22,23)19(24-16(27)12-11-14-7-3-1-4-8-14)17(28)26(18(29)25-19)13-15-9-5-2-6-10-15/h14-15H,1-13H2,(H,24,27)(H,25,29). The summed E-state index contributed by atoms with van der Waals surface area (Å²) >= 11 is 0. The average molecular weight is 417 g/mol. The number of imide groups is 1. The lowest BCUT2D eigenvalue weighted by atomic mass is 9.86. The maximum Gasteiger partial charge on any atom is 0.440 e. The molecular weight excluding hydrogens is 387 g/mol. The Morgan fingerprint density at radius 2 is 1.55 bits per heavy atom. The van der Waals surface area contributed by atoms with Gasteiger partial charge >= 0.3 is 12.2 Å². The van der Waals surface area contributed by atoms with Gasteiger partial charge in [-0.3, -0.25) is 19.8 Å². The number of hydrogen-bond donors (Lipinski definition) is 2. The first kappa shape index (κ1) is 21.9. The summed E-state index contributed by atoms with van der Waals surface area (Å²) in [5.74, 6) is -1.95. The van der Waals surface area contributed by atoms with Crippen molar-refractivity contribution in [2.45, 2.75) is 88.9 Å². The molecule has 1 unspecified atom stereocenters. The smallest absolute Gasteiger partial charge is 0.318 e. The first-order chi connectivity index (χ1) is 13.7. The Kier molecular flexibility index (Phi) is 6.73. The van der Waals surface area contributed by atoms with Gasteiger partial charge in [-0.05, 0) is 31.1 Å². The number of halogens is 3. The Balaban J connectivity index is 1.66. The fourth-order valence-electron chi connectivity index (χ4n) is 4.80. The number of nitrogens with zero attached hydrogens (tertiary/aromatic N) is 1. The highest BCUT2D eigenvalue weighted by atomic mass is 19.4. The van der Waals surface area contributed by atoms with Gasteiger partial charge in [0.25, 0.3) is 11.6 Å². The second-order valence-electron chi connectivity index (χ2n) is 8.69. The van der Waals surface area contributed by atoms with Crippen molar-refractivity contribution < 1.29 is 27.6 Å². The van der Waals surface area contributed by atoms with Crippen LogP contribution in [0, 0.1) is 11.8 Å². The van der Waals surface area contributed by atoms with Gasteiger partial charge in [-0.2, -0.15) is 13.2 Å². The lowest BCUT2D eigenvalue weighted by molar-refractivity contribution is -0.204. The fourth-order valence-corrected chi connectivity index (χ4v) is 4.80. The van der Waals surface area contributed by atoms with Crippen LogP contribution in [0.1, 0.15) is 77.0 Å². The van der Waals surface area contributed by atoms with E-state index in [2.05, 4.69) is 0 Å². The fraction of sp³-hybridized carbons (Fsp3) is 0.850. The Hall–Kier alpha value is -1.80. The number of carbonyl (C=O) groups is 3. The van der Waals surface area contributed by atoms with Crippen molar-refractivity contribution in [2.24, 2.45) is 11.8 Å². The van der Waals surface area contributed by atoms with Gasteiger partial charge in [-0.15, -0.1) is 0 Å². The van der Waals surface area contributed by atoms with Gasteiger partial charge in [0.1, 0.15) is 0 Å². The molecule has 2 saturated carbocycles. The second kappa shape index (κ2) is 8.92. The molecule has 3 aliphatic rings. The molecule has 1 atom stereocenters. The molecule has 164 valence electrons. The zero-order valence-electron chi connectivity index (χ0n) is 16.7. The zero-order chi connectivity index (χ0) is 21.1. The minimum atomic E-state index is -5.12. The van der Waals surface area contributed by atoms with E-state index in [1.807, 2.05) is 5.32 Å². The Labute approximate surface area is 168 Å². The van der Waals surface area contributed by atoms with Crippen LogP contribution in [-0.2, 0) is 9.59 Å². The number of amides is 4. The van der Waals surface area contributed by atoms with E-state index < -0.39 is 29.7 Å². The molecule has 1 saturated heterocycles. The summed E-state index contributed by atoms with van der Waals surface area (Å²) in [6.45, 7) is -0.0412. The monoisotopic (exact) mass is 417 g/mol. The first-order valence-corrected chi connectivity index (χ1v) is 10.7. The molecule has 1 heterocycles. The molecule has 9 heteroatoms. The van der Waals surface area contributed by atoms with Gasteiger partial charge in [-0.25, -0.2) is 4.79 Å². The van der Waals surface area contributed by atoms with Gasteiger partial charge < -0.3 is 5.32 Å². The molecule has 0 aromatic rings. The van der Waals surface area contributed by atoms with E-state index in [4.69, 9.17) is 0 Å². The van der Waals surface area contributed by atoms with Gasteiger partial charge in [-0.1, -0.05) is 51.4 Å². The van der Waals surface area contributed by atoms with E-state index in [9.17, 15) is 27.6 Å². The molecule has 6 nitrogen and oxygen atoms in total. The average Bonchev–Trinajstić information content (AvgIpc) is 2.93. The van der Waals surface area contributed by atoms with Crippen molar-refractivity contribution in [3.8, 4) is 0 Å². The lowest BCUT2D eigenvalue weighted by Gasteiger charge is -2.31. The predicted molar refractivity (Wildman–Crippen MR) is 99.6 cm³/mol. The Morgan fingerprint density at radius 3 is 2.10 bits per heavy atom. The van der Waals surface area contributed by atoms with Crippen molar-refractivity contribution in [1.29, 1.82) is 0 Å². The summed E-state index contributed by atoms with van der Waals surface area (Å²) < 4.78 is 41.6. The van der Waals surface area contributed by atoms with Gasteiger partial charge in [0, 0.05) is 13.0 Å². The van der Waals surface area contributed by atoms with Crippen molar-refractivity contribution in [3.63, 3.8) is 0 Å². The predicted octanol–water partition coefficient (Wildman–Crippen LogP) is 3.85. The third kappa shape index (κ3) is 4.86. The van der Waals surface area contributed by atoms with Gasteiger partial charge in [0.05, 0.1) is 0 Å². The minimum absolute atomic E-state index is 0.00415. The Morgan fingerprint density at radius 1 is 1.00 bits per heavy atom. The molecule has 2 N–H and O–H groups in total. The molecule has 0 aromatic heterocycles. The molecular formula is C20H30F3N3O3. The molecule has 1 aliphatic heterocycles. The van der Waals surface area contributed by atoms with E-state index in [-0.39, 0.29) is 18.9 Å². The normalized spacial score (nSPS) is 27.2. The van der Waals surface area contributed by atoms with E-state index >= 15 is 0 Å². The first-order valence-electron chi connectivity index (χ1n) is 10.7. The van der Waals surface area contributed by atoms with Crippen molar-refractivity contribution in [1.82, 2.24) is 15.5 Å². The topological polar surface area (TPSA) is 78.5 Å². The summed E-state index contributed by atoms with van der Waals surface area (Å²) in [6, 6.07) is -1.09. The molecule has 3 fully saturated rings. The van der Waals surface area contributed by atoms with Crippen molar-refractivity contribution in [2.75, 3.05) is 6.54 Å². The molecule has 0 spiro atoms. The summed E-state index contributed by atoms with van der Waals surface area (Å²) in [7, 11) is 0. The highest BCUT2D eigenvalue weighted by Crippen LogP contribution is 2.35. The number of alkyl halides is 3. The van der Waals surface area contributed by atoms with Crippen LogP contribution in [0.3, 0.4) is 0 Å². The third-order valence-corrected chi connectivity index (χ3v) is 6.53. The van der Waals surface area contributed by atoms with Crippen LogP contribution in [0.2, 0.25) is 0 Å². The molecule has 0 radical (unpaired) electrons. The summed E-state index contributed by atoms with van der Waals surface area (Å²) in [5.41, 5.74) is -3.36. The van der Waals surface area contributed by atoms with Crippen molar-refractivity contribution >= 4 is 17.8 Å². The van der Waals surface area contributed by atoms with Crippen LogP contribution in [-0.4, -0.2) is 41.1 Å². The zero-order valence-corrected chi connectivity index (χ0v) is 16.7. The minimum Gasteiger partial charge on any atom is -0.318 e. The molecule has 2 aliphatic carbocycles. The van der Waals surface area contributed by atoms with E-state index in [0.29, 0.717) is 17.2 Å². The van der Waals surface area contributed by atoms with Gasteiger partial charge in [0.2, 0.25) is 5.91 Å². The number of urea groups is 1. The van der Waals surface area contributed by atoms with E-state index in [0.717, 1.165) is 64.2 Å². The molecule has 0 aromatic carbocycles. The van der Waals surface area contributed by atoms with Crippen molar-refractivity contribution in [3.05, 3.63) is 0 Å². The SMILES string of the molecule is O=C(CCC1CCCCC1)NC1(C(F)(F)F)NC(=O)N(CC2CCCCC2)C1=O. The highest BCUT2D eigenvalue weighted by molar-refractivity contribution is 6.08. The largest absolute Gasteiger partial charge is 0.440 e. The summed E-state index contributed by atoms with van der Waals surface area (Å²) in [6.07, 6.45) is 5.03. The number of hydrogen-bond acceptors (Lipinski definition) is 3. The summed E-state index contributed by atoms with van der Waals surface area (Å²) in [4.78, 5) is 37.9. The van der Waals surface area contributed by atoms with Crippen LogP contribution < -0.4 is 10.6 Å². The Bertz CT molecular complexity index is 628. The van der Waals surface area contributed by atoms with E-state index in [1.165, 1.54) is 0 Å². The lowest BCUT2D eigenvalue weighted by Crippen LogP contribution is -2.69. The molecule has 0 bridgehead atoms. The van der Waals surface area contributed by atoms with Crippen LogP contribution >= 0.6 is 0 Å². The quantitative estimate of drug-likeness (QED) is 0.645. The summed E-state index contributed by atoms with van der Waals surface area (Å²) in [5, 5.41) is 3.58. The number of nitrogens with one attached hydrogen (secondary N) is 2. The number of carbonyl (C=O) groups excluding carboxylic acids is 3. The number of rotatable bonds is 6. The molecule has 29 heavy (non-hydrogen) atoms.